The Kier molecular flexibility index (Phi) is 4.18. The molecule has 1 aromatic carbocycles. The van der Waals surface area contributed by atoms with Gasteiger partial charge in [-0.15, -0.1) is 0 Å². The average Bonchev–Trinajstić information content (AvgIpc) is 2.10. The molecule has 5 nitrogen and oxygen atoms in total. The molecule has 1 aromatic rings. The molecule has 1 rings (SSSR count). The first-order valence-corrected chi connectivity index (χ1v) is 6.49. The van der Waals surface area contributed by atoms with Gasteiger partial charge in [-0.2, -0.15) is 0 Å². The summed E-state index contributed by atoms with van der Waals surface area (Å²) in [6.45, 7) is 0. The van der Waals surface area contributed by atoms with Crippen LogP contribution >= 0.6 is 23.2 Å². The Morgan fingerprint density at radius 3 is 2.24 bits per heavy atom. The summed E-state index contributed by atoms with van der Waals surface area (Å²) in [5.74, 6) is -3.51. The Bertz CT molecular complexity index is 538. The van der Waals surface area contributed by atoms with Crippen LogP contribution in [0.3, 0.4) is 0 Å². The fraction of sp³-hybridized carbons (Fsp3) is 0.125. The summed E-state index contributed by atoms with van der Waals surface area (Å²) in [6, 6.07) is 1.98. The lowest BCUT2D eigenvalue weighted by atomic mass is 10.3. The molecule has 0 aliphatic carbocycles. The molecule has 0 fully saturated rings. The molecule has 0 radical (unpaired) electrons. The van der Waals surface area contributed by atoms with E-state index in [0.29, 0.717) is 0 Å². The summed E-state index contributed by atoms with van der Waals surface area (Å²) >= 11 is 10.9. The first-order chi connectivity index (χ1) is 7.71. The molecule has 0 aliphatic heterocycles. The number of aliphatic carboxylic acids is 1. The summed E-state index contributed by atoms with van der Waals surface area (Å²) in [7, 11) is -4.07. The highest BCUT2D eigenvalue weighted by atomic mass is 35.5. The van der Waals surface area contributed by atoms with Crippen molar-refractivity contribution in [2.45, 2.75) is 0 Å². The van der Waals surface area contributed by atoms with Crippen molar-refractivity contribution in [2.24, 2.45) is 0 Å². The number of nitrogens with one attached hydrogen (secondary N) is 1. The number of rotatable bonds is 4. The lowest BCUT2D eigenvalue weighted by molar-refractivity contribution is -0.134. The van der Waals surface area contributed by atoms with Crippen LogP contribution in [0.25, 0.3) is 0 Å². The van der Waals surface area contributed by atoms with E-state index in [1.165, 1.54) is 0 Å². The molecule has 0 amide bonds. The molecule has 0 aromatic heterocycles. The number of carboxylic acid groups (broad SMARTS) is 1. The van der Waals surface area contributed by atoms with Crippen LogP contribution in [-0.2, 0) is 14.8 Å². The molecule has 0 aliphatic rings. The van der Waals surface area contributed by atoms with Crippen LogP contribution in [0.2, 0.25) is 10.0 Å². The maximum Gasteiger partial charge on any atom is 0.320 e. The van der Waals surface area contributed by atoms with E-state index >= 15 is 0 Å². The molecule has 9 heteroatoms. The topological polar surface area (TPSA) is 83.5 Å². The van der Waals surface area contributed by atoms with Crippen LogP contribution < -0.4 is 4.72 Å². The van der Waals surface area contributed by atoms with Gasteiger partial charge in [0, 0.05) is 0 Å². The Morgan fingerprint density at radius 1 is 1.35 bits per heavy atom. The number of carbonyl (C=O) groups is 1. The number of benzene rings is 1. The maximum atomic E-state index is 13.0. The zero-order valence-electron chi connectivity index (χ0n) is 8.08. The standard InChI is InChI=1S/C8H6Cl2FNO4S/c9-5-1-4(2-6(10)8(5)11)12-17(15,16)3-7(13)14/h1-2,12H,3H2,(H,13,14). The Morgan fingerprint density at radius 2 is 1.82 bits per heavy atom. The van der Waals surface area contributed by atoms with Crippen molar-refractivity contribution in [1.82, 2.24) is 0 Å². The fourth-order valence-electron chi connectivity index (χ4n) is 0.993. The number of sulfonamides is 1. The first kappa shape index (κ1) is 14.0. The highest BCUT2D eigenvalue weighted by molar-refractivity contribution is 7.93. The van der Waals surface area contributed by atoms with E-state index in [2.05, 4.69) is 0 Å². The van der Waals surface area contributed by atoms with Crippen molar-refractivity contribution >= 4 is 44.9 Å². The van der Waals surface area contributed by atoms with Gasteiger partial charge in [-0.05, 0) is 12.1 Å². The summed E-state index contributed by atoms with van der Waals surface area (Å²) in [6.07, 6.45) is 0. The van der Waals surface area contributed by atoms with Gasteiger partial charge in [-0.1, -0.05) is 23.2 Å². The van der Waals surface area contributed by atoms with Gasteiger partial charge >= 0.3 is 5.97 Å². The zero-order chi connectivity index (χ0) is 13.2. The first-order valence-electron chi connectivity index (χ1n) is 4.08. The van der Waals surface area contributed by atoms with Crippen LogP contribution in [0.5, 0.6) is 0 Å². The molecule has 0 unspecified atom stereocenters. The van der Waals surface area contributed by atoms with Gasteiger partial charge in [0.2, 0.25) is 10.0 Å². The highest BCUT2D eigenvalue weighted by Crippen LogP contribution is 2.27. The van der Waals surface area contributed by atoms with Gasteiger partial charge < -0.3 is 5.11 Å². The molecular weight excluding hydrogens is 296 g/mol. The Balaban J connectivity index is 3.01. The van der Waals surface area contributed by atoms with E-state index in [1.54, 1.807) is 0 Å². The molecule has 0 heterocycles. The van der Waals surface area contributed by atoms with E-state index in [4.69, 9.17) is 28.3 Å². The number of halogens is 3. The molecule has 0 bridgehead atoms. The van der Waals surface area contributed by atoms with E-state index in [9.17, 15) is 17.6 Å². The van der Waals surface area contributed by atoms with Crippen LogP contribution in [0.4, 0.5) is 10.1 Å². The molecule has 2 N–H and O–H groups in total. The second-order valence-corrected chi connectivity index (χ2v) is 5.55. The third kappa shape index (κ3) is 4.03. The predicted octanol–water partition coefficient (Wildman–Crippen LogP) is 1.96. The van der Waals surface area contributed by atoms with Gasteiger partial charge in [-0.3, -0.25) is 9.52 Å². The van der Waals surface area contributed by atoms with Crippen molar-refractivity contribution in [1.29, 1.82) is 0 Å². The van der Waals surface area contributed by atoms with Crippen LogP contribution in [0.15, 0.2) is 12.1 Å². The van der Waals surface area contributed by atoms with Crippen molar-refractivity contribution in [2.75, 3.05) is 10.5 Å². The van der Waals surface area contributed by atoms with Crippen molar-refractivity contribution < 1.29 is 22.7 Å². The van der Waals surface area contributed by atoms with Crippen LogP contribution in [-0.4, -0.2) is 25.2 Å². The number of hydrogen-bond donors (Lipinski definition) is 2. The lowest BCUT2D eigenvalue weighted by Gasteiger charge is -2.07. The summed E-state index contributed by atoms with van der Waals surface area (Å²) in [4.78, 5) is 10.3. The quantitative estimate of drug-likeness (QED) is 0.833. The van der Waals surface area contributed by atoms with Gasteiger partial charge in [-0.25, -0.2) is 12.8 Å². The van der Waals surface area contributed by atoms with Crippen molar-refractivity contribution in [3.8, 4) is 0 Å². The largest absolute Gasteiger partial charge is 0.480 e. The summed E-state index contributed by atoms with van der Waals surface area (Å²) < 4.78 is 37.4. The van der Waals surface area contributed by atoms with Gasteiger partial charge in [0.25, 0.3) is 0 Å². The molecule has 0 saturated heterocycles. The van der Waals surface area contributed by atoms with Gasteiger partial charge in [0.05, 0.1) is 15.7 Å². The van der Waals surface area contributed by atoms with Gasteiger partial charge in [0.15, 0.2) is 11.6 Å². The second kappa shape index (κ2) is 5.07. The summed E-state index contributed by atoms with van der Waals surface area (Å²) in [5, 5.41) is 7.61. The smallest absolute Gasteiger partial charge is 0.320 e. The van der Waals surface area contributed by atoms with E-state index in [1.807, 2.05) is 4.72 Å². The fourth-order valence-corrected chi connectivity index (χ4v) is 2.35. The van der Waals surface area contributed by atoms with E-state index in [0.717, 1.165) is 12.1 Å². The highest BCUT2D eigenvalue weighted by Gasteiger charge is 2.17. The average molecular weight is 302 g/mol. The SMILES string of the molecule is O=C(O)CS(=O)(=O)Nc1cc(Cl)c(F)c(Cl)c1. The Labute approximate surface area is 106 Å². The second-order valence-electron chi connectivity index (χ2n) is 3.01. The molecular formula is C8H6Cl2FNO4S. The normalized spacial score (nSPS) is 11.2. The van der Waals surface area contributed by atoms with E-state index < -0.39 is 27.6 Å². The minimum absolute atomic E-state index is 0.109. The molecule has 94 valence electrons. The maximum absolute atomic E-state index is 13.0. The van der Waals surface area contributed by atoms with Crippen LogP contribution in [0.1, 0.15) is 0 Å². The molecule has 0 spiro atoms. The number of anilines is 1. The molecule has 17 heavy (non-hydrogen) atoms. The van der Waals surface area contributed by atoms with Crippen LogP contribution in [0, 0.1) is 5.82 Å². The molecule has 0 atom stereocenters. The summed E-state index contributed by atoms with van der Waals surface area (Å²) in [5.41, 5.74) is -0.109. The van der Waals surface area contributed by atoms with Crippen molar-refractivity contribution in [3.63, 3.8) is 0 Å². The van der Waals surface area contributed by atoms with Gasteiger partial charge in [0.1, 0.15) is 0 Å². The number of hydrogen-bond acceptors (Lipinski definition) is 3. The third-order valence-electron chi connectivity index (χ3n) is 1.57. The minimum Gasteiger partial charge on any atom is -0.480 e. The minimum atomic E-state index is -4.07. The lowest BCUT2D eigenvalue weighted by Crippen LogP contribution is -2.22. The number of carboxylic acids is 1. The molecule has 0 saturated carbocycles. The zero-order valence-corrected chi connectivity index (χ0v) is 10.4. The van der Waals surface area contributed by atoms with Crippen molar-refractivity contribution in [3.05, 3.63) is 28.0 Å². The van der Waals surface area contributed by atoms with E-state index in [-0.39, 0.29) is 15.7 Å². The Hall–Kier alpha value is -1.05. The predicted molar refractivity (Wildman–Crippen MR) is 61.5 cm³/mol. The monoisotopic (exact) mass is 301 g/mol. The third-order valence-corrected chi connectivity index (χ3v) is 3.29.